The Labute approximate surface area is 133 Å². The average molecular weight is 333 g/mol. The van der Waals surface area contributed by atoms with E-state index < -0.39 is 10.0 Å². The van der Waals surface area contributed by atoms with Gasteiger partial charge in [0.1, 0.15) is 0 Å². The molecule has 1 aromatic rings. The van der Waals surface area contributed by atoms with Gasteiger partial charge in [0.25, 0.3) is 0 Å². The first-order valence-corrected chi connectivity index (χ1v) is 9.30. The van der Waals surface area contributed by atoms with Crippen LogP contribution in [0.1, 0.15) is 51.0 Å². The molecule has 1 aromatic carbocycles. The van der Waals surface area contributed by atoms with Gasteiger partial charge in [-0.05, 0) is 31.0 Å². The fourth-order valence-electron chi connectivity index (χ4n) is 2.02. The molecule has 0 radical (unpaired) electrons. The molecule has 0 atom stereocenters. The number of sulfonamides is 1. The summed E-state index contributed by atoms with van der Waals surface area (Å²) in [6.07, 6.45) is 6.71. The minimum atomic E-state index is -3.53. The molecular formula is C15H25ClN2O2S. The van der Waals surface area contributed by atoms with Gasteiger partial charge >= 0.3 is 0 Å². The van der Waals surface area contributed by atoms with E-state index in [0.29, 0.717) is 22.8 Å². The van der Waals surface area contributed by atoms with E-state index in [0.717, 1.165) is 19.3 Å². The standard InChI is InChI=1S/C15H25ClN2O2S/c1-3-4-5-6-7-8-9-18-21(19,20)13-10-14(16)12(2)15(17)11-13/h10-11,18H,3-9,17H2,1-2H3. The predicted molar refractivity (Wildman–Crippen MR) is 89.2 cm³/mol. The van der Waals surface area contributed by atoms with E-state index in [4.69, 9.17) is 17.3 Å². The third-order valence-electron chi connectivity index (χ3n) is 3.49. The van der Waals surface area contributed by atoms with Crippen LogP contribution >= 0.6 is 11.6 Å². The second-order valence-corrected chi connectivity index (χ2v) is 7.46. The zero-order chi connectivity index (χ0) is 15.9. The summed E-state index contributed by atoms with van der Waals surface area (Å²) in [6, 6.07) is 2.89. The summed E-state index contributed by atoms with van der Waals surface area (Å²) in [5.41, 5.74) is 6.86. The number of hydrogen-bond donors (Lipinski definition) is 2. The monoisotopic (exact) mass is 332 g/mol. The molecule has 21 heavy (non-hydrogen) atoms. The van der Waals surface area contributed by atoms with Crippen molar-refractivity contribution in [2.75, 3.05) is 12.3 Å². The van der Waals surface area contributed by atoms with Crippen molar-refractivity contribution >= 4 is 27.3 Å². The highest BCUT2D eigenvalue weighted by atomic mass is 35.5. The van der Waals surface area contributed by atoms with Crippen molar-refractivity contribution in [2.24, 2.45) is 0 Å². The van der Waals surface area contributed by atoms with Crippen LogP contribution in [0.2, 0.25) is 5.02 Å². The first-order valence-electron chi connectivity index (χ1n) is 7.43. The lowest BCUT2D eigenvalue weighted by molar-refractivity contribution is 0.567. The van der Waals surface area contributed by atoms with Gasteiger partial charge in [0.15, 0.2) is 0 Å². The predicted octanol–water partition coefficient (Wildman–Crippen LogP) is 3.87. The van der Waals surface area contributed by atoms with Crippen molar-refractivity contribution in [2.45, 2.75) is 57.3 Å². The van der Waals surface area contributed by atoms with E-state index in [2.05, 4.69) is 11.6 Å². The largest absolute Gasteiger partial charge is 0.398 e. The maximum atomic E-state index is 12.2. The lowest BCUT2D eigenvalue weighted by Gasteiger charge is -2.10. The van der Waals surface area contributed by atoms with Crippen LogP contribution < -0.4 is 10.5 Å². The highest BCUT2D eigenvalue weighted by molar-refractivity contribution is 7.89. The van der Waals surface area contributed by atoms with E-state index in [1.54, 1.807) is 6.92 Å². The molecule has 0 bridgehead atoms. The molecule has 0 spiro atoms. The number of nitrogens with one attached hydrogen (secondary N) is 1. The molecule has 0 aromatic heterocycles. The van der Waals surface area contributed by atoms with Gasteiger partial charge in [-0.3, -0.25) is 0 Å². The maximum Gasteiger partial charge on any atom is 0.240 e. The number of unbranched alkanes of at least 4 members (excludes halogenated alkanes) is 5. The third-order valence-corrected chi connectivity index (χ3v) is 5.32. The van der Waals surface area contributed by atoms with Gasteiger partial charge in [-0.25, -0.2) is 13.1 Å². The van der Waals surface area contributed by atoms with Gasteiger partial charge in [-0.15, -0.1) is 0 Å². The van der Waals surface area contributed by atoms with Crippen LogP contribution in [-0.2, 0) is 10.0 Å². The van der Waals surface area contributed by atoms with Gasteiger partial charge in [-0.2, -0.15) is 0 Å². The van der Waals surface area contributed by atoms with Crippen LogP contribution in [0.3, 0.4) is 0 Å². The van der Waals surface area contributed by atoms with Crippen molar-refractivity contribution in [3.05, 3.63) is 22.7 Å². The minimum Gasteiger partial charge on any atom is -0.398 e. The molecule has 0 fully saturated rings. The molecule has 0 amide bonds. The Kier molecular flexibility index (Phi) is 7.49. The zero-order valence-electron chi connectivity index (χ0n) is 12.8. The fraction of sp³-hybridized carbons (Fsp3) is 0.600. The van der Waals surface area contributed by atoms with Gasteiger partial charge in [0.05, 0.1) is 4.90 Å². The number of hydrogen-bond acceptors (Lipinski definition) is 3. The van der Waals surface area contributed by atoms with Gasteiger partial charge in [0.2, 0.25) is 10.0 Å². The van der Waals surface area contributed by atoms with Crippen LogP contribution in [0.25, 0.3) is 0 Å². The molecule has 0 saturated heterocycles. The second kappa shape index (κ2) is 8.61. The Balaban J connectivity index is 2.51. The van der Waals surface area contributed by atoms with Crippen LogP contribution in [-0.4, -0.2) is 15.0 Å². The van der Waals surface area contributed by atoms with Crippen molar-refractivity contribution in [3.63, 3.8) is 0 Å². The second-order valence-electron chi connectivity index (χ2n) is 5.28. The Morgan fingerprint density at radius 1 is 1.14 bits per heavy atom. The highest BCUT2D eigenvalue weighted by Gasteiger charge is 2.16. The maximum absolute atomic E-state index is 12.2. The molecule has 0 saturated carbocycles. The van der Waals surface area contributed by atoms with Gasteiger partial charge in [0, 0.05) is 17.3 Å². The van der Waals surface area contributed by atoms with Gasteiger partial charge in [-0.1, -0.05) is 50.6 Å². The quantitative estimate of drug-likeness (QED) is 0.532. The van der Waals surface area contributed by atoms with E-state index in [1.807, 2.05) is 0 Å². The number of rotatable bonds is 9. The van der Waals surface area contributed by atoms with Crippen molar-refractivity contribution < 1.29 is 8.42 Å². The Morgan fingerprint density at radius 2 is 1.76 bits per heavy atom. The molecule has 0 aliphatic heterocycles. The van der Waals surface area contributed by atoms with E-state index in [9.17, 15) is 8.42 Å². The smallest absolute Gasteiger partial charge is 0.240 e. The summed E-state index contributed by atoms with van der Waals surface area (Å²) in [4.78, 5) is 0.126. The number of halogens is 1. The number of nitrogen functional groups attached to an aromatic ring is 1. The van der Waals surface area contributed by atoms with Gasteiger partial charge < -0.3 is 5.73 Å². The molecule has 0 unspecified atom stereocenters. The highest BCUT2D eigenvalue weighted by Crippen LogP contribution is 2.25. The first-order chi connectivity index (χ1) is 9.88. The molecule has 4 nitrogen and oxygen atoms in total. The number of benzene rings is 1. The summed E-state index contributed by atoms with van der Waals surface area (Å²) >= 11 is 5.99. The molecule has 0 heterocycles. The van der Waals surface area contributed by atoms with Crippen LogP contribution in [0.4, 0.5) is 5.69 Å². The van der Waals surface area contributed by atoms with Crippen LogP contribution in [0.15, 0.2) is 17.0 Å². The molecular weight excluding hydrogens is 308 g/mol. The molecule has 0 aliphatic carbocycles. The van der Waals surface area contributed by atoms with E-state index in [1.165, 1.54) is 31.4 Å². The van der Waals surface area contributed by atoms with Crippen molar-refractivity contribution in [1.82, 2.24) is 4.72 Å². The Bertz CT molecular complexity index is 536. The molecule has 3 N–H and O–H groups in total. The topological polar surface area (TPSA) is 72.2 Å². The van der Waals surface area contributed by atoms with Crippen molar-refractivity contribution in [1.29, 1.82) is 0 Å². The lowest BCUT2D eigenvalue weighted by atomic mass is 10.1. The molecule has 0 aliphatic rings. The summed E-state index contributed by atoms with van der Waals surface area (Å²) in [5, 5.41) is 0.370. The van der Waals surface area contributed by atoms with Crippen molar-refractivity contribution in [3.8, 4) is 0 Å². The van der Waals surface area contributed by atoms with E-state index >= 15 is 0 Å². The molecule has 1 rings (SSSR count). The summed E-state index contributed by atoms with van der Waals surface area (Å²) in [6.45, 7) is 4.38. The summed E-state index contributed by atoms with van der Waals surface area (Å²) in [7, 11) is -3.53. The van der Waals surface area contributed by atoms with Crippen LogP contribution in [0, 0.1) is 6.92 Å². The summed E-state index contributed by atoms with van der Waals surface area (Å²) in [5.74, 6) is 0. The number of nitrogens with two attached hydrogens (primary N) is 1. The molecule has 6 heteroatoms. The average Bonchev–Trinajstić information content (AvgIpc) is 2.43. The number of anilines is 1. The Hall–Kier alpha value is -0.780. The SMILES string of the molecule is CCCCCCCCNS(=O)(=O)c1cc(N)c(C)c(Cl)c1. The van der Waals surface area contributed by atoms with E-state index in [-0.39, 0.29) is 4.90 Å². The zero-order valence-corrected chi connectivity index (χ0v) is 14.4. The third kappa shape index (κ3) is 5.85. The molecule has 120 valence electrons. The normalized spacial score (nSPS) is 11.8. The summed E-state index contributed by atoms with van der Waals surface area (Å²) < 4.78 is 26.9. The minimum absolute atomic E-state index is 0.126. The van der Waals surface area contributed by atoms with Crippen LogP contribution in [0.5, 0.6) is 0 Å². The fourth-order valence-corrected chi connectivity index (χ4v) is 3.45. The first kappa shape index (κ1) is 18.3. The Morgan fingerprint density at radius 3 is 2.38 bits per heavy atom. The lowest BCUT2D eigenvalue weighted by Crippen LogP contribution is -2.25.